The lowest BCUT2D eigenvalue weighted by atomic mass is 9.79. The molecule has 2 saturated heterocycles. The van der Waals surface area contributed by atoms with Gasteiger partial charge in [-0.2, -0.15) is 0 Å². The van der Waals surface area contributed by atoms with Crippen LogP contribution in [0.5, 0.6) is 0 Å². The van der Waals surface area contributed by atoms with E-state index in [9.17, 15) is 4.79 Å². The average molecular weight is 253 g/mol. The molecule has 2 atom stereocenters. The first-order chi connectivity index (χ1) is 8.44. The Morgan fingerprint density at radius 3 is 2.39 bits per heavy atom. The molecule has 0 spiro atoms. The first kappa shape index (κ1) is 13.8. The fourth-order valence-electron chi connectivity index (χ4n) is 3.65. The quantitative estimate of drug-likeness (QED) is 0.792. The van der Waals surface area contributed by atoms with Gasteiger partial charge in [0.25, 0.3) is 0 Å². The van der Waals surface area contributed by atoms with Crippen molar-refractivity contribution >= 4 is 5.91 Å². The summed E-state index contributed by atoms with van der Waals surface area (Å²) in [6.07, 6.45) is 6.00. The molecule has 0 radical (unpaired) electrons. The lowest BCUT2D eigenvalue weighted by Gasteiger charge is -2.50. The van der Waals surface area contributed by atoms with Gasteiger partial charge < -0.3 is 11.1 Å². The number of amides is 1. The Morgan fingerprint density at radius 1 is 1.33 bits per heavy atom. The van der Waals surface area contributed by atoms with Gasteiger partial charge in [0.2, 0.25) is 5.91 Å². The molecular formula is C14H27N3O. The van der Waals surface area contributed by atoms with Gasteiger partial charge in [-0.05, 0) is 39.5 Å². The van der Waals surface area contributed by atoms with Crippen LogP contribution < -0.4 is 11.1 Å². The van der Waals surface area contributed by atoms with Gasteiger partial charge in [0.1, 0.15) is 0 Å². The van der Waals surface area contributed by atoms with Crippen molar-refractivity contribution < 1.29 is 4.79 Å². The highest BCUT2D eigenvalue weighted by Crippen LogP contribution is 2.35. The number of nitrogens with zero attached hydrogens (tertiary/aromatic N) is 1. The highest BCUT2D eigenvalue weighted by atomic mass is 16.2. The molecule has 0 saturated carbocycles. The summed E-state index contributed by atoms with van der Waals surface area (Å²) in [5.41, 5.74) is 5.82. The van der Waals surface area contributed by atoms with Crippen LogP contribution in [0.25, 0.3) is 0 Å². The van der Waals surface area contributed by atoms with E-state index in [1.807, 2.05) is 13.8 Å². The second-order valence-electron chi connectivity index (χ2n) is 6.61. The number of hydrogen-bond acceptors (Lipinski definition) is 3. The fraction of sp³-hybridized carbons (Fsp3) is 0.929. The monoisotopic (exact) mass is 253 g/mol. The number of piperidine rings is 2. The predicted octanol–water partition coefficient (Wildman–Crippen LogP) is 1.10. The zero-order chi connectivity index (χ0) is 13.3. The van der Waals surface area contributed by atoms with Crippen LogP contribution >= 0.6 is 0 Å². The summed E-state index contributed by atoms with van der Waals surface area (Å²) in [5.74, 6) is 0.135. The molecule has 2 bridgehead atoms. The number of carbonyl (C=O) groups excluding carboxylic acids is 1. The van der Waals surface area contributed by atoms with Gasteiger partial charge in [-0.1, -0.05) is 6.42 Å². The first-order valence-corrected chi connectivity index (χ1v) is 7.17. The number of nitrogens with two attached hydrogens (primary N) is 1. The zero-order valence-electron chi connectivity index (χ0n) is 11.9. The van der Waals surface area contributed by atoms with E-state index in [-0.39, 0.29) is 11.3 Å². The van der Waals surface area contributed by atoms with Gasteiger partial charge in [0.15, 0.2) is 0 Å². The maximum atomic E-state index is 11.9. The topological polar surface area (TPSA) is 58.4 Å². The Labute approximate surface area is 110 Å². The van der Waals surface area contributed by atoms with Gasteiger partial charge in [-0.15, -0.1) is 0 Å². The van der Waals surface area contributed by atoms with E-state index in [0.717, 1.165) is 19.4 Å². The van der Waals surface area contributed by atoms with E-state index in [1.165, 1.54) is 19.3 Å². The molecule has 2 aliphatic heterocycles. The van der Waals surface area contributed by atoms with Crippen LogP contribution in [0.2, 0.25) is 0 Å². The molecule has 4 heteroatoms. The van der Waals surface area contributed by atoms with Crippen LogP contribution in [0.4, 0.5) is 0 Å². The van der Waals surface area contributed by atoms with Crippen molar-refractivity contribution in [1.82, 2.24) is 10.2 Å². The molecule has 18 heavy (non-hydrogen) atoms. The van der Waals surface area contributed by atoms with Crippen molar-refractivity contribution in [2.24, 2.45) is 11.1 Å². The number of hydrogen-bond donors (Lipinski definition) is 2. The minimum atomic E-state index is -0.315. The fourth-order valence-corrected chi connectivity index (χ4v) is 3.65. The van der Waals surface area contributed by atoms with E-state index >= 15 is 0 Å². The van der Waals surface area contributed by atoms with E-state index in [4.69, 9.17) is 5.73 Å². The molecule has 0 aromatic rings. The number of fused-ring (bicyclic) bond motifs is 2. The molecule has 4 nitrogen and oxygen atoms in total. The molecule has 2 fully saturated rings. The lowest BCUT2D eigenvalue weighted by molar-refractivity contribution is -0.131. The predicted molar refractivity (Wildman–Crippen MR) is 73.2 cm³/mol. The molecule has 104 valence electrons. The summed E-state index contributed by atoms with van der Waals surface area (Å²) >= 11 is 0. The third-order valence-electron chi connectivity index (χ3n) is 4.58. The van der Waals surface area contributed by atoms with Crippen molar-refractivity contribution in [3.8, 4) is 0 Å². The molecule has 2 unspecified atom stereocenters. The highest BCUT2D eigenvalue weighted by molar-refractivity contribution is 5.81. The maximum Gasteiger partial charge on any atom is 0.226 e. The van der Waals surface area contributed by atoms with Crippen LogP contribution in [0.3, 0.4) is 0 Å². The van der Waals surface area contributed by atoms with Gasteiger partial charge in [0.05, 0.1) is 5.41 Å². The van der Waals surface area contributed by atoms with Gasteiger partial charge >= 0.3 is 0 Å². The Bertz CT molecular complexity index is 302. The van der Waals surface area contributed by atoms with Gasteiger partial charge in [-0.25, -0.2) is 0 Å². The Morgan fingerprint density at radius 2 is 1.89 bits per heavy atom. The van der Waals surface area contributed by atoms with Crippen molar-refractivity contribution in [2.45, 2.75) is 64.1 Å². The number of rotatable bonds is 3. The second-order valence-corrected chi connectivity index (χ2v) is 6.61. The zero-order valence-corrected chi connectivity index (χ0v) is 11.9. The largest absolute Gasteiger partial charge is 0.359 e. The Balaban J connectivity index is 2.06. The molecule has 0 aromatic carbocycles. The van der Waals surface area contributed by atoms with Crippen LogP contribution in [0.1, 0.15) is 46.0 Å². The van der Waals surface area contributed by atoms with E-state index in [2.05, 4.69) is 10.2 Å². The van der Waals surface area contributed by atoms with Crippen molar-refractivity contribution in [3.05, 3.63) is 0 Å². The Hall–Kier alpha value is -0.610. The summed E-state index contributed by atoms with van der Waals surface area (Å²) < 4.78 is 0. The van der Waals surface area contributed by atoms with Gasteiger partial charge in [-0.3, -0.25) is 9.69 Å². The van der Waals surface area contributed by atoms with Crippen molar-refractivity contribution in [3.63, 3.8) is 0 Å². The molecule has 3 N–H and O–H groups in total. The minimum absolute atomic E-state index is 0.135. The third kappa shape index (κ3) is 2.69. The van der Waals surface area contributed by atoms with E-state index in [1.54, 1.807) is 7.05 Å². The molecule has 2 rings (SSSR count). The SMILES string of the molecule is CNC(=O)C(C)(C)CN1C2CCCC1CC(N)C2. The van der Waals surface area contributed by atoms with Crippen molar-refractivity contribution in [2.75, 3.05) is 13.6 Å². The minimum Gasteiger partial charge on any atom is -0.359 e. The van der Waals surface area contributed by atoms with Gasteiger partial charge in [0, 0.05) is 31.7 Å². The van der Waals surface area contributed by atoms with Crippen LogP contribution in [0, 0.1) is 5.41 Å². The standard InChI is InChI=1S/C14H27N3O/c1-14(2,13(18)16-3)9-17-11-5-4-6-12(17)8-10(15)7-11/h10-12H,4-9,15H2,1-3H3,(H,16,18). The number of carbonyl (C=O) groups is 1. The van der Waals surface area contributed by atoms with Crippen LogP contribution in [-0.2, 0) is 4.79 Å². The summed E-state index contributed by atoms with van der Waals surface area (Å²) in [4.78, 5) is 14.5. The summed E-state index contributed by atoms with van der Waals surface area (Å²) in [5, 5.41) is 2.78. The normalized spacial score (nSPS) is 33.2. The second kappa shape index (κ2) is 5.17. The highest BCUT2D eigenvalue weighted by Gasteiger charge is 2.41. The average Bonchev–Trinajstić information content (AvgIpc) is 2.29. The van der Waals surface area contributed by atoms with E-state index in [0.29, 0.717) is 18.1 Å². The maximum absolute atomic E-state index is 11.9. The first-order valence-electron chi connectivity index (χ1n) is 7.17. The lowest BCUT2D eigenvalue weighted by Crippen LogP contribution is -2.58. The summed E-state index contributed by atoms with van der Waals surface area (Å²) in [6.45, 7) is 4.93. The molecule has 2 aliphatic rings. The van der Waals surface area contributed by atoms with Crippen LogP contribution in [0.15, 0.2) is 0 Å². The smallest absolute Gasteiger partial charge is 0.226 e. The Kier molecular flexibility index (Phi) is 3.97. The summed E-state index contributed by atoms with van der Waals surface area (Å²) in [7, 11) is 1.72. The molecular weight excluding hydrogens is 226 g/mol. The molecule has 1 amide bonds. The third-order valence-corrected chi connectivity index (χ3v) is 4.58. The van der Waals surface area contributed by atoms with Crippen LogP contribution in [-0.4, -0.2) is 42.5 Å². The molecule has 0 aromatic heterocycles. The molecule has 2 heterocycles. The van der Waals surface area contributed by atoms with E-state index < -0.39 is 0 Å². The number of nitrogens with one attached hydrogen (secondary N) is 1. The van der Waals surface area contributed by atoms with Crippen molar-refractivity contribution in [1.29, 1.82) is 0 Å². The molecule has 0 aliphatic carbocycles. The summed E-state index contributed by atoms with van der Waals surface area (Å²) in [6, 6.07) is 1.55.